The molecule has 0 amide bonds. The molecule has 0 saturated carbocycles. The molecule has 3 aromatic rings. The Morgan fingerprint density at radius 1 is 1.05 bits per heavy atom. The first kappa shape index (κ1) is 13.9. The molecule has 20 heavy (non-hydrogen) atoms. The Balaban J connectivity index is 2.05. The molecule has 0 aliphatic heterocycles. The molecule has 0 fully saturated rings. The molecule has 0 bridgehead atoms. The minimum absolute atomic E-state index is 0.198. The van der Waals surface area contributed by atoms with Crippen LogP contribution >= 0.6 is 45.8 Å². The molecule has 0 spiro atoms. The minimum Gasteiger partial charge on any atom is -0.453 e. The number of halogens is 3. The number of furan rings is 1. The summed E-state index contributed by atoms with van der Waals surface area (Å²) >= 11 is 14.1. The molecule has 0 aliphatic rings. The second-order valence-corrected chi connectivity index (χ2v) is 6.26. The third-order valence-electron chi connectivity index (χ3n) is 2.88. The smallest absolute Gasteiger partial charge is 0.228 e. The zero-order valence-corrected chi connectivity index (χ0v) is 13.7. The molecule has 1 heterocycles. The van der Waals surface area contributed by atoms with Gasteiger partial charge in [0.15, 0.2) is 5.76 Å². The average Bonchev–Trinajstić information content (AvgIpc) is 2.84. The summed E-state index contributed by atoms with van der Waals surface area (Å²) in [5.41, 5.74) is 1.13. The number of carbonyl (C=O) groups is 1. The Labute approximate surface area is 138 Å². The summed E-state index contributed by atoms with van der Waals surface area (Å²) in [6, 6.07) is 12.1. The van der Waals surface area contributed by atoms with Crippen LogP contribution in [0.3, 0.4) is 0 Å². The molecule has 0 atom stereocenters. The van der Waals surface area contributed by atoms with Gasteiger partial charge in [0.2, 0.25) is 5.78 Å². The molecule has 0 N–H and O–H groups in total. The normalized spacial score (nSPS) is 10.9. The van der Waals surface area contributed by atoms with Crippen molar-refractivity contribution in [3.63, 3.8) is 0 Å². The van der Waals surface area contributed by atoms with Gasteiger partial charge < -0.3 is 4.42 Å². The van der Waals surface area contributed by atoms with Crippen LogP contribution in [0.25, 0.3) is 11.0 Å². The van der Waals surface area contributed by atoms with E-state index < -0.39 is 0 Å². The van der Waals surface area contributed by atoms with Crippen molar-refractivity contribution in [2.24, 2.45) is 0 Å². The fourth-order valence-corrected chi connectivity index (χ4v) is 2.60. The topological polar surface area (TPSA) is 30.2 Å². The maximum Gasteiger partial charge on any atom is 0.228 e. The Morgan fingerprint density at radius 3 is 2.60 bits per heavy atom. The summed E-state index contributed by atoms with van der Waals surface area (Å²) in [5, 5.41) is 1.96. The van der Waals surface area contributed by atoms with Crippen molar-refractivity contribution in [1.29, 1.82) is 0 Å². The van der Waals surface area contributed by atoms with Crippen molar-refractivity contribution < 1.29 is 9.21 Å². The zero-order chi connectivity index (χ0) is 14.3. The number of fused-ring (bicyclic) bond motifs is 1. The Kier molecular flexibility index (Phi) is 3.75. The van der Waals surface area contributed by atoms with E-state index in [1.54, 1.807) is 42.5 Å². The number of carbonyl (C=O) groups excluding carboxylic acids is 1. The Morgan fingerprint density at radius 2 is 1.85 bits per heavy atom. The van der Waals surface area contributed by atoms with Crippen LogP contribution < -0.4 is 0 Å². The van der Waals surface area contributed by atoms with Crippen LogP contribution in [0.15, 0.2) is 46.9 Å². The SMILES string of the molecule is O=C(c1ccc(I)c(Cl)c1)c1cc2cc(Cl)ccc2o1. The van der Waals surface area contributed by atoms with E-state index in [2.05, 4.69) is 22.6 Å². The van der Waals surface area contributed by atoms with Gasteiger partial charge in [-0.2, -0.15) is 0 Å². The molecule has 2 nitrogen and oxygen atoms in total. The van der Waals surface area contributed by atoms with Crippen LogP contribution in [-0.4, -0.2) is 5.78 Å². The fourth-order valence-electron chi connectivity index (χ4n) is 1.91. The van der Waals surface area contributed by atoms with Crippen LogP contribution in [0, 0.1) is 3.57 Å². The first-order chi connectivity index (χ1) is 9.54. The van der Waals surface area contributed by atoms with Crippen LogP contribution in [-0.2, 0) is 0 Å². The molecule has 0 aliphatic carbocycles. The second-order valence-electron chi connectivity index (χ2n) is 4.25. The number of ketones is 1. The van der Waals surface area contributed by atoms with Gasteiger partial charge in [0.25, 0.3) is 0 Å². The molecule has 0 saturated heterocycles. The van der Waals surface area contributed by atoms with E-state index in [-0.39, 0.29) is 11.5 Å². The summed E-state index contributed by atoms with van der Waals surface area (Å²) in [6.45, 7) is 0. The van der Waals surface area contributed by atoms with Crippen LogP contribution in [0.5, 0.6) is 0 Å². The molecule has 5 heteroatoms. The molecular weight excluding hydrogens is 410 g/mol. The van der Waals surface area contributed by atoms with Crippen molar-refractivity contribution in [3.05, 3.63) is 67.4 Å². The summed E-state index contributed by atoms with van der Waals surface area (Å²) in [6.07, 6.45) is 0. The highest BCUT2D eigenvalue weighted by molar-refractivity contribution is 14.1. The van der Waals surface area contributed by atoms with E-state index in [4.69, 9.17) is 27.6 Å². The van der Waals surface area contributed by atoms with Gasteiger partial charge in [-0.15, -0.1) is 0 Å². The largest absolute Gasteiger partial charge is 0.453 e. The lowest BCUT2D eigenvalue weighted by Gasteiger charge is -2.00. The summed E-state index contributed by atoms with van der Waals surface area (Å²) in [4.78, 5) is 12.4. The van der Waals surface area contributed by atoms with Gasteiger partial charge in [-0.05, 0) is 65.1 Å². The third kappa shape index (κ3) is 2.57. The Hall–Kier alpha value is -1.04. The van der Waals surface area contributed by atoms with Crippen molar-refractivity contribution in [2.45, 2.75) is 0 Å². The summed E-state index contributed by atoms with van der Waals surface area (Å²) in [5.74, 6) is 0.0789. The summed E-state index contributed by atoms with van der Waals surface area (Å²) in [7, 11) is 0. The maximum atomic E-state index is 12.4. The monoisotopic (exact) mass is 416 g/mol. The molecule has 0 radical (unpaired) electrons. The third-order valence-corrected chi connectivity index (χ3v) is 4.69. The number of hydrogen-bond donors (Lipinski definition) is 0. The van der Waals surface area contributed by atoms with Gasteiger partial charge >= 0.3 is 0 Å². The van der Waals surface area contributed by atoms with Gasteiger partial charge in [0, 0.05) is 19.5 Å². The lowest BCUT2D eigenvalue weighted by Crippen LogP contribution is -1.99. The predicted molar refractivity (Wildman–Crippen MR) is 88.8 cm³/mol. The highest BCUT2D eigenvalue weighted by Gasteiger charge is 2.15. The highest BCUT2D eigenvalue weighted by Crippen LogP contribution is 2.26. The van der Waals surface area contributed by atoms with Crippen molar-refractivity contribution in [3.8, 4) is 0 Å². The van der Waals surface area contributed by atoms with E-state index in [0.717, 1.165) is 8.96 Å². The van der Waals surface area contributed by atoms with Crippen molar-refractivity contribution in [2.75, 3.05) is 0 Å². The zero-order valence-electron chi connectivity index (χ0n) is 9.99. The van der Waals surface area contributed by atoms with Crippen molar-refractivity contribution in [1.82, 2.24) is 0 Å². The van der Waals surface area contributed by atoms with E-state index in [1.807, 2.05) is 0 Å². The van der Waals surface area contributed by atoms with Gasteiger partial charge in [0.1, 0.15) is 5.58 Å². The van der Waals surface area contributed by atoms with Gasteiger partial charge in [-0.3, -0.25) is 4.79 Å². The van der Waals surface area contributed by atoms with Gasteiger partial charge in [0.05, 0.1) is 5.02 Å². The van der Waals surface area contributed by atoms with Gasteiger partial charge in [-0.1, -0.05) is 23.2 Å². The first-order valence-corrected chi connectivity index (χ1v) is 7.57. The number of rotatable bonds is 2. The van der Waals surface area contributed by atoms with E-state index in [0.29, 0.717) is 21.2 Å². The predicted octanol–water partition coefficient (Wildman–Crippen LogP) is 5.58. The minimum atomic E-state index is -0.198. The highest BCUT2D eigenvalue weighted by atomic mass is 127. The molecule has 0 unspecified atom stereocenters. The standard InChI is InChI=1S/C15H7Cl2IO2/c16-10-2-4-13-9(5-10)7-14(20-13)15(19)8-1-3-12(18)11(17)6-8/h1-7H. The number of hydrogen-bond acceptors (Lipinski definition) is 2. The average molecular weight is 417 g/mol. The molecule has 2 aromatic carbocycles. The first-order valence-electron chi connectivity index (χ1n) is 5.73. The molecule has 100 valence electrons. The maximum absolute atomic E-state index is 12.4. The van der Waals surface area contributed by atoms with Gasteiger partial charge in [-0.25, -0.2) is 0 Å². The Bertz CT molecular complexity index is 824. The van der Waals surface area contributed by atoms with Crippen LogP contribution in [0.1, 0.15) is 16.1 Å². The van der Waals surface area contributed by atoms with E-state index >= 15 is 0 Å². The summed E-state index contributed by atoms with van der Waals surface area (Å²) < 4.78 is 6.46. The van der Waals surface area contributed by atoms with Crippen LogP contribution in [0.2, 0.25) is 10.0 Å². The molecular formula is C15H7Cl2IO2. The van der Waals surface area contributed by atoms with E-state index in [9.17, 15) is 4.79 Å². The molecule has 3 rings (SSSR count). The fraction of sp³-hybridized carbons (Fsp3) is 0. The van der Waals surface area contributed by atoms with Crippen molar-refractivity contribution >= 4 is 62.5 Å². The number of benzene rings is 2. The quantitative estimate of drug-likeness (QED) is 0.403. The lowest BCUT2D eigenvalue weighted by molar-refractivity contribution is 0.101. The second kappa shape index (κ2) is 5.39. The van der Waals surface area contributed by atoms with Crippen LogP contribution in [0.4, 0.5) is 0 Å². The van der Waals surface area contributed by atoms with E-state index in [1.165, 1.54) is 0 Å². The lowest BCUT2D eigenvalue weighted by atomic mass is 10.1. The molecule has 1 aromatic heterocycles.